The first-order chi connectivity index (χ1) is 11.9. The van der Waals surface area contributed by atoms with Crippen LogP contribution in [0.4, 0.5) is 5.69 Å². The Balaban J connectivity index is 1.76. The molecule has 2 saturated heterocycles. The molecule has 9 heteroatoms. The van der Waals surface area contributed by atoms with Gasteiger partial charge in [0.15, 0.2) is 11.2 Å². The number of nitro groups is 1. The van der Waals surface area contributed by atoms with Gasteiger partial charge in [-0.15, -0.1) is 0 Å². The van der Waals surface area contributed by atoms with E-state index in [4.69, 9.17) is 9.47 Å². The van der Waals surface area contributed by atoms with Crippen LogP contribution < -0.4 is 0 Å². The Morgan fingerprint density at radius 1 is 1.36 bits per heavy atom. The van der Waals surface area contributed by atoms with Crippen LogP contribution in [0.3, 0.4) is 0 Å². The second kappa shape index (κ2) is 7.36. The molecule has 25 heavy (non-hydrogen) atoms. The number of rotatable bonds is 6. The van der Waals surface area contributed by atoms with Crippen LogP contribution in [0.2, 0.25) is 0 Å². The largest absolute Gasteiger partial charge is 0.353 e. The molecule has 0 bridgehead atoms. The molecule has 0 N–H and O–H groups in total. The molecule has 0 amide bonds. The Labute approximate surface area is 146 Å². The quantitative estimate of drug-likeness (QED) is 0.563. The lowest BCUT2D eigenvalue weighted by Crippen LogP contribution is -2.63. The lowest BCUT2D eigenvalue weighted by Gasteiger charge is -2.47. The van der Waals surface area contributed by atoms with Crippen LogP contribution in [-0.4, -0.2) is 49.2 Å². The average Bonchev–Trinajstić information content (AvgIpc) is 2.59. The first-order valence-corrected chi connectivity index (χ1v) is 9.91. The van der Waals surface area contributed by atoms with Crippen LogP contribution in [0, 0.1) is 10.1 Å². The summed E-state index contributed by atoms with van der Waals surface area (Å²) < 4.78 is 38.5. The first-order valence-electron chi connectivity index (χ1n) is 8.47. The van der Waals surface area contributed by atoms with Crippen molar-refractivity contribution in [3.05, 3.63) is 34.4 Å². The van der Waals surface area contributed by atoms with E-state index in [0.29, 0.717) is 13.0 Å². The molecule has 0 aromatic heterocycles. The molecule has 2 aliphatic heterocycles. The van der Waals surface area contributed by atoms with Crippen molar-refractivity contribution in [2.75, 3.05) is 13.2 Å². The van der Waals surface area contributed by atoms with Crippen molar-refractivity contribution in [1.82, 2.24) is 4.31 Å². The minimum Gasteiger partial charge on any atom is -0.353 e. The van der Waals surface area contributed by atoms with Crippen molar-refractivity contribution in [1.29, 1.82) is 0 Å². The molecule has 0 saturated carbocycles. The molecule has 0 spiro atoms. The van der Waals surface area contributed by atoms with Crippen LogP contribution >= 0.6 is 0 Å². The number of para-hydroxylation sites is 1. The standard InChI is InChI=1S/C16H22N2O6S/c1-2-12-14(24-16-9-5-6-10-23-16)11-17(12)25(21,22)15-8-4-3-7-13(15)18(19)20/h3-4,7-8,12,14,16H,2,5-6,9-11H2,1H3/t12-,14-,16+/m0/s1. The van der Waals surface area contributed by atoms with Gasteiger partial charge in [-0.25, -0.2) is 8.42 Å². The third kappa shape index (κ3) is 3.55. The zero-order chi connectivity index (χ0) is 18.0. The van der Waals surface area contributed by atoms with Gasteiger partial charge in [0.25, 0.3) is 5.69 Å². The Morgan fingerprint density at radius 2 is 2.12 bits per heavy atom. The molecule has 3 atom stereocenters. The average molecular weight is 370 g/mol. The maximum atomic E-state index is 12.9. The van der Waals surface area contributed by atoms with Crippen LogP contribution in [0.25, 0.3) is 0 Å². The summed E-state index contributed by atoms with van der Waals surface area (Å²) in [5.41, 5.74) is -0.405. The van der Waals surface area contributed by atoms with E-state index in [0.717, 1.165) is 19.3 Å². The van der Waals surface area contributed by atoms with Gasteiger partial charge in [0.1, 0.15) is 0 Å². The number of benzene rings is 1. The summed E-state index contributed by atoms with van der Waals surface area (Å²) >= 11 is 0. The van der Waals surface area contributed by atoms with Gasteiger partial charge >= 0.3 is 0 Å². The van der Waals surface area contributed by atoms with Crippen molar-refractivity contribution < 1.29 is 22.8 Å². The Bertz CT molecular complexity index is 732. The number of ether oxygens (including phenoxy) is 2. The normalized spacial score (nSPS) is 27.6. The van der Waals surface area contributed by atoms with Crippen LogP contribution in [0.1, 0.15) is 32.6 Å². The number of nitro benzene ring substituents is 1. The number of hydrogen-bond acceptors (Lipinski definition) is 6. The van der Waals surface area contributed by atoms with Gasteiger partial charge in [0, 0.05) is 19.2 Å². The third-order valence-corrected chi connectivity index (χ3v) is 6.63. The van der Waals surface area contributed by atoms with Crippen LogP contribution in [0.5, 0.6) is 0 Å². The lowest BCUT2D eigenvalue weighted by molar-refractivity contribution is -0.387. The van der Waals surface area contributed by atoms with Crippen molar-refractivity contribution in [3.63, 3.8) is 0 Å². The zero-order valence-corrected chi connectivity index (χ0v) is 14.9. The summed E-state index contributed by atoms with van der Waals surface area (Å²) in [5.74, 6) is 0. The summed E-state index contributed by atoms with van der Waals surface area (Å²) in [5, 5.41) is 11.2. The highest BCUT2D eigenvalue weighted by atomic mass is 32.2. The lowest BCUT2D eigenvalue weighted by atomic mass is 10.0. The van der Waals surface area contributed by atoms with E-state index in [2.05, 4.69) is 0 Å². The maximum Gasteiger partial charge on any atom is 0.289 e. The van der Waals surface area contributed by atoms with E-state index >= 15 is 0 Å². The monoisotopic (exact) mass is 370 g/mol. The van der Waals surface area contributed by atoms with E-state index in [-0.39, 0.29) is 29.9 Å². The summed E-state index contributed by atoms with van der Waals surface area (Å²) in [4.78, 5) is 10.2. The van der Waals surface area contributed by atoms with Gasteiger partial charge in [-0.3, -0.25) is 10.1 Å². The van der Waals surface area contributed by atoms with Crippen molar-refractivity contribution >= 4 is 15.7 Å². The topological polar surface area (TPSA) is 99.0 Å². The van der Waals surface area contributed by atoms with Crippen molar-refractivity contribution in [2.45, 2.75) is 55.9 Å². The van der Waals surface area contributed by atoms with Gasteiger partial charge < -0.3 is 9.47 Å². The minimum atomic E-state index is -3.94. The molecule has 0 unspecified atom stereocenters. The van der Waals surface area contributed by atoms with Gasteiger partial charge in [-0.2, -0.15) is 4.31 Å². The molecule has 2 heterocycles. The molecule has 0 aliphatic carbocycles. The molecule has 2 fully saturated rings. The number of hydrogen-bond donors (Lipinski definition) is 0. The molecule has 1 aromatic rings. The fourth-order valence-electron chi connectivity index (χ4n) is 3.32. The molecule has 1 aromatic carbocycles. The first kappa shape index (κ1) is 18.2. The summed E-state index contributed by atoms with van der Waals surface area (Å²) in [6.45, 7) is 2.73. The highest BCUT2D eigenvalue weighted by Crippen LogP contribution is 2.35. The van der Waals surface area contributed by atoms with Crippen LogP contribution in [0.15, 0.2) is 29.2 Å². The number of sulfonamides is 1. The van der Waals surface area contributed by atoms with E-state index in [1.165, 1.54) is 28.6 Å². The number of nitrogens with zero attached hydrogens (tertiary/aromatic N) is 2. The predicted molar refractivity (Wildman–Crippen MR) is 89.5 cm³/mol. The fraction of sp³-hybridized carbons (Fsp3) is 0.625. The summed E-state index contributed by atoms with van der Waals surface area (Å²) in [6, 6.07) is 5.09. The molecular weight excluding hydrogens is 348 g/mol. The minimum absolute atomic E-state index is 0.187. The highest BCUT2D eigenvalue weighted by molar-refractivity contribution is 7.89. The van der Waals surface area contributed by atoms with E-state index in [1.54, 1.807) is 0 Å². The summed E-state index contributed by atoms with van der Waals surface area (Å²) in [7, 11) is -3.94. The van der Waals surface area contributed by atoms with Crippen LogP contribution in [-0.2, 0) is 19.5 Å². The van der Waals surface area contributed by atoms with Crippen molar-refractivity contribution in [3.8, 4) is 0 Å². The second-order valence-electron chi connectivity index (χ2n) is 6.25. The Kier molecular flexibility index (Phi) is 5.38. The molecule has 3 rings (SSSR count). The van der Waals surface area contributed by atoms with Gasteiger partial charge in [0.05, 0.1) is 17.1 Å². The third-order valence-electron chi connectivity index (χ3n) is 4.69. The fourth-order valence-corrected chi connectivity index (χ4v) is 5.22. The zero-order valence-electron chi connectivity index (χ0n) is 14.0. The SMILES string of the molecule is CC[C@H]1[C@@H](O[C@@H]2CCCCO2)CN1S(=O)(=O)c1ccccc1[N+](=O)[O-]. The second-order valence-corrected chi connectivity index (χ2v) is 8.10. The Morgan fingerprint density at radius 3 is 2.76 bits per heavy atom. The molecule has 2 aliphatic rings. The van der Waals surface area contributed by atoms with Crippen molar-refractivity contribution in [2.24, 2.45) is 0 Å². The summed E-state index contributed by atoms with van der Waals surface area (Å²) in [6.07, 6.45) is 2.89. The molecule has 138 valence electrons. The smallest absolute Gasteiger partial charge is 0.289 e. The molecular formula is C16H22N2O6S. The highest BCUT2D eigenvalue weighted by Gasteiger charge is 2.48. The van der Waals surface area contributed by atoms with E-state index in [9.17, 15) is 18.5 Å². The molecule has 0 radical (unpaired) electrons. The van der Waals surface area contributed by atoms with Gasteiger partial charge in [-0.05, 0) is 31.7 Å². The Hall–Kier alpha value is -1.55. The van der Waals surface area contributed by atoms with E-state index in [1.807, 2.05) is 6.92 Å². The predicted octanol–water partition coefficient (Wildman–Crippen LogP) is 2.29. The van der Waals surface area contributed by atoms with Gasteiger partial charge in [-0.1, -0.05) is 19.1 Å². The molecule has 8 nitrogen and oxygen atoms in total. The maximum absolute atomic E-state index is 12.9. The van der Waals surface area contributed by atoms with Gasteiger partial charge in [0.2, 0.25) is 10.0 Å². The van der Waals surface area contributed by atoms with E-state index < -0.39 is 20.6 Å².